The third-order valence-electron chi connectivity index (χ3n) is 5.14. The first-order chi connectivity index (χ1) is 15.3. The maximum absolute atomic E-state index is 6.07. The van der Waals surface area contributed by atoms with E-state index in [0.29, 0.717) is 12.4 Å². The smallest absolute Gasteiger partial charge is 0.134 e. The highest BCUT2D eigenvalue weighted by atomic mass is 16.5. The Kier molecular flexibility index (Phi) is 4.99. The SMILES string of the molecule is Nc1ncnc2ccc(-c3cccnc3-c3cccc(OCc4ccccc4)c3)cc12. The van der Waals surface area contributed by atoms with Crippen molar-refractivity contribution < 1.29 is 4.74 Å². The normalized spacial score (nSPS) is 10.8. The Hall–Kier alpha value is -4.25. The minimum atomic E-state index is 0.466. The van der Waals surface area contributed by atoms with Crippen molar-refractivity contribution in [3.8, 4) is 28.1 Å². The van der Waals surface area contributed by atoms with E-state index in [2.05, 4.69) is 33.2 Å². The van der Waals surface area contributed by atoms with Gasteiger partial charge >= 0.3 is 0 Å². The van der Waals surface area contributed by atoms with Gasteiger partial charge in [-0.2, -0.15) is 0 Å². The fourth-order valence-corrected chi connectivity index (χ4v) is 3.59. The maximum Gasteiger partial charge on any atom is 0.134 e. The van der Waals surface area contributed by atoms with Gasteiger partial charge in [0.05, 0.1) is 11.2 Å². The minimum Gasteiger partial charge on any atom is -0.489 e. The summed E-state index contributed by atoms with van der Waals surface area (Å²) in [5.74, 6) is 1.27. The molecule has 31 heavy (non-hydrogen) atoms. The van der Waals surface area contributed by atoms with Gasteiger partial charge < -0.3 is 10.5 Å². The van der Waals surface area contributed by atoms with E-state index in [0.717, 1.165) is 44.6 Å². The molecule has 0 saturated carbocycles. The molecule has 0 fully saturated rings. The highest BCUT2D eigenvalue weighted by molar-refractivity contribution is 5.93. The van der Waals surface area contributed by atoms with Gasteiger partial charge in [0.25, 0.3) is 0 Å². The number of anilines is 1. The van der Waals surface area contributed by atoms with E-state index in [4.69, 9.17) is 10.5 Å². The lowest BCUT2D eigenvalue weighted by atomic mass is 9.98. The average molecular weight is 404 g/mol. The van der Waals surface area contributed by atoms with Crippen LogP contribution in [0.5, 0.6) is 5.75 Å². The second-order valence-electron chi connectivity index (χ2n) is 7.19. The summed E-state index contributed by atoms with van der Waals surface area (Å²) in [7, 11) is 0. The molecule has 0 unspecified atom stereocenters. The number of benzene rings is 3. The fourth-order valence-electron chi connectivity index (χ4n) is 3.59. The summed E-state index contributed by atoms with van der Waals surface area (Å²) >= 11 is 0. The molecule has 0 aliphatic carbocycles. The average Bonchev–Trinajstić information content (AvgIpc) is 2.84. The zero-order chi connectivity index (χ0) is 21.0. The van der Waals surface area contributed by atoms with Crippen LogP contribution in [0.25, 0.3) is 33.3 Å². The van der Waals surface area contributed by atoms with Crippen molar-refractivity contribution in [1.82, 2.24) is 15.0 Å². The zero-order valence-corrected chi connectivity index (χ0v) is 16.8. The van der Waals surface area contributed by atoms with E-state index in [1.165, 1.54) is 6.33 Å². The molecular weight excluding hydrogens is 384 g/mol. The molecule has 2 aromatic heterocycles. The number of pyridine rings is 1. The van der Waals surface area contributed by atoms with Gasteiger partial charge in [0, 0.05) is 22.7 Å². The lowest BCUT2D eigenvalue weighted by molar-refractivity contribution is 0.306. The van der Waals surface area contributed by atoms with Crippen molar-refractivity contribution >= 4 is 16.7 Å². The molecule has 0 spiro atoms. The standard InChI is InChI=1S/C26H20N4O/c27-26-23-15-19(11-12-24(23)29-17-30-26)22-10-5-13-28-25(22)20-8-4-9-21(14-20)31-16-18-6-2-1-3-7-18/h1-15,17H,16H2,(H2,27,29,30). The fraction of sp³-hybridized carbons (Fsp3) is 0.0385. The summed E-state index contributed by atoms with van der Waals surface area (Å²) in [6, 6.07) is 28.1. The van der Waals surface area contributed by atoms with Gasteiger partial charge in [-0.1, -0.05) is 54.6 Å². The maximum atomic E-state index is 6.07. The molecule has 0 amide bonds. The Labute approximate surface area is 180 Å². The molecule has 5 rings (SSSR count). The molecule has 2 N–H and O–H groups in total. The van der Waals surface area contributed by atoms with E-state index < -0.39 is 0 Å². The van der Waals surface area contributed by atoms with E-state index in [1.54, 1.807) is 6.20 Å². The van der Waals surface area contributed by atoms with Crippen molar-refractivity contribution in [3.05, 3.63) is 103 Å². The van der Waals surface area contributed by atoms with Crippen molar-refractivity contribution in [2.45, 2.75) is 6.61 Å². The van der Waals surface area contributed by atoms with Crippen LogP contribution in [0.1, 0.15) is 5.56 Å². The second-order valence-corrected chi connectivity index (χ2v) is 7.19. The van der Waals surface area contributed by atoms with Crippen molar-refractivity contribution in [2.75, 3.05) is 5.73 Å². The molecule has 5 heteroatoms. The summed E-state index contributed by atoms with van der Waals surface area (Å²) in [4.78, 5) is 13.1. The van der Waals surface area contributed by atoms with Gasteiger partial charge in [0.15, 0.2) is 0 Å². The van der Waals surface area contributed by atoms with Gasteiger partial charge in [-0.25, -0.2) is 9.97 Å². The van der Waals surface area contributed by atoms with Crippen molar-refractivity contribution in [2.24, 2.45) is 0 Å². The van der Waals surface area contributed by atoms with Crippen LogP contribution in [0, 0.1) is 0 Å². The largest absolute Gasteiger partial charge is 0.489 e. The summed E-state index contributed by atoms with van der Waals surface area (Å²) in [5.41, 5.74) is 11.9. The molecule has 5 aromatic rings. The van der Waals surface area contributed by atoms with Crippen LogP contribution in [-0.2, 0) is 6.61 Å². The van der Waals surface area contributed by atoms with E-state index in [-0.39, 0.29) is 0 Å². The number of nitrogens with zero attached hydrogens (tertiary/aromatic N) is 3. The third-order valence-corrected chi connectivity index (χ3v) is 5.14. The Morgan fingerprint density at radius 3 is 2.55 bits per heavy atom. The number of aromatic nitrogens is 3. The first-order valence-electron chi connectivity index (χ1n) is 10.0. The number of fused-ring (bicyclic) bond motifs is 1. The highest BCUT2D eigenvalue weighted by Crippen LogP contribution is 2.33. The van der Waals surface area contributed by atoms with Gasteiger partial charge in [-0.05, 0) is 41.5 Å². The summed E-state index contributed by atoms with van der Waals surface area (Å²) in [5, 5.41) is 0.828. The Balaban J connectivity index is 1.50. The first kappa shape index (κ1) is 18.8. The summed E-state index contributed by atoms with van der Waals surface area (Å²) < 4.78 is 6.01. The minimum absolute atomic E-state index is 0.466. The van der Waals surface area contributed by atoms with Crippen LogP contribution in [0.2, 0.25) is 0 Å². The molecule has 150 valence electrons. The predicted molar refractivity (Wildman–Crippen MR) is 123 cm³/mol. The van der Waals surface area contributed by atoms with Crippen LogP contribution in [0.4, 0.5) is 5.82 Å². The molecule has 0 radical (unpaired) electrons. The topological polar surface area (TPSA) is 73.9 Å². The number of nitrogens with two attached hydrogens (primary N) is 1. The quantitative estimate of drug-likeness (QED) is 0.417. The molecular formula is C26H20N4O. The Morgan fingerprint density at radius 2 is 1.65 bits per heavy atom. The molecule has 0 atom stereocenters. The van der Waals surface area contributed by atoms with E-state index >= 15 is 0 Å². The van der Waals surface area contributed by atoms with Gasteiger partial charge in [-0.15, -0.1) is 0 Å². The number of ether oxygens (including phenoxy) is 1. The lowest BCUT2D eigenvalue weighted by Crippen LogP contribution is -1.96. The molecule has 0 bridgehead atoms. The molecule has 3 aromatic carbocycles. The molecule has 0 saturated heterocycles. The van der Waals surface area contributed by atoms with Crippen LogP contribution in [-0.4, -0.2) is 15.0 Å². The Bertz CT molecular complexity index is 1350. The van der Waals surface area contributed by atoms with Gasteiger partial charge in [-0.3, -0.25) is 4.98 Å². The lowest BCUT2D eigenvalue weighted by Gasteiger charge is -2.12. The highest BCUT2D eigenvalue weighted by Gasteiger charge is 2.11. The molecule has 5 nitrogen and oxygen atoms in total. The predicted octanol–water partition coefficient (Wildman–Crippen LogP) is 5.52. The van der Waals surface area contributed by atoms with Gasteiger partial charge in [0.2, 0.25) is 0 Å². The Morgan fingerprint density at radius 1 is 0.742 bits per heavy atom. The summed E-state index contributed by atoms with van der Waals surface area (Å²) in [6.45, 7) is 0.517. The van der Waals surface area contributed by atoms with Crippen LogP contribution in [0.3, 0.4) is 0 Å². The van der Waals surface area contributed by atoms with Crippen LogP contribution < -0.4 is 10.5 Å². The monoisotopic (exact) mass is 404 g/mol. The molecule has 0 aliphatic heterocycles. The zero-order valence-electron chi connectivity index (χ0n) is 16.8. The van der Waals surface area contributed by atoms with Crippen LogP contribution >= 0.6 is 0 Å². The van der Waals surface area contributed by atoms with Gasteiger partial charge in [0.1, 0.15) is 24.5 Å². The van der Waals surface area contributed by atoms with Crippen molar-refractivity contribution in [1.29, 1.82) is 0 Å². The molecule has 0 aliphatic rings. The number of nitrogen functional groups attached to an aromatic ring is 1. The number of hydrogen-bond donors (Lipinski definition) is 1. The second kappa shape index (κ2) is 8.24. The van der Waals surface area contributed by atoms with Crippen LogP contribution in [0.15, 0.2) is 97.5 Å². The number of hydrogen-bond acceptors (Lipinski definition) is 5. The summed E-state index contributed by atoms with van der Waals surface area (Å²) in [6.07, 6.45) is 3.28. The molecule has 2 heterocycles. The number of rotatable bonds is 5. The van der Waals surface area contributed by atoms with Crippen molar-refractivity contribution in [3.63, 3.8) is 0 Å². The third kappa shape index (κ3) is 3.94. The first-order valence-corrected chi connectivity index (χ1v) is 10.0. The van der Waals surface area contributed by atoms with E-state index in [9.17, 15) is 0 Å². The van der Waals surface area contributed by atoms with E-state index in [1.807, 2.05) is 66.7 Å².